The van der Waals surface area contributed by atoms with Crippen LogP contribution in [0, 0.1) is 0 Å². The monoisotopic (exact) mass is 242 g/mol. The number of hydrogen-bond donors (Lipinski definition) is 1. The molecule has 1 rings (SSSR count). The zero-order valence-electron chi connectivity index (χ0n) is 7.38. The Morgan fingerprint density at radius 2 is 2.23 bits per heavy atom. The van der Waals surface area contributed by atoms with Crippen LogP contribution in [0.15, 0.2) is 18.2 Å². The maximum atomic E-state index is 11.3. The van der Waals surface area contributed by atoms with Crippen LogP contribution < -0.4 is 0 Å². The molecule has 1 N–H and O–H groups in total. The van der Waals surface area contributed by atoms with E-state index in [1.54, 1.807) is 18.2 Å². The number of halogens is 1. The van der Waals surface area contributed by atoms with Crippen molar-refractivity contribution in [3.63, 3.8) is 0 Å². The van der Waals surface area contributed by atoms with E-state index in [0.29, 0.717) is 10.9 Å². The first-order valence-electron chi connectivity index (χ1n) is 4.10. The summed E-state index contributed by atoms with van der Waals surface area (Å²) in [7, 11) is 0. The van der Waals surface area contributed by atoms with Gasteiger partial charge in [0.15, 0.2) is 5.78 Å². The minimum atomic E-state index is 0.0368. The van der Waals surface area contributed by atoms with E-state index in [-0.39, 0.29) is 11.5 Å². The SMILES string of the molecule is CCc1cc(C(=O)CBr)ccc1O. The number of phenolic OH excluding ortho intramolecular Hbond substituents is 1. The number of ketones is 1. The summed E-state index contributed by atoms with van der Waals surface area (Å²) in [6.07, 6.45) is 0.731. The highest BCUT2D eigenvalue weighted by atomic mass is 79.9. The van der Waals surface area contributed by atoms with Gasteiger partial charge in [0, 0.05) is 5.56 Å². The summed E-state index contributed by atoms with van der Waals surface area (Å²) < 4.78 is 0. The summed E-state index contributed by atoms with van der Waals surface area (Å²) in [4.78, 5) is 11.3. The molecule has 0 bridgehead atoms. The Labute approximate surface area is 85.7 Å². The summed E-state index contributed by atoms with van der Waals surface area (Å²) in [6.45, 7) is 1.94. The van der Waals surface area contributed by atoms with Gasteiger partial charge in [-0.05, 0) is 30.2 Å². The van der Waals surface area contributed by atoms with Gasteiger partial charge in [0.2, 0.25) is 0 Å². The lowest BCUT2D eigenvalue weighted by Gasteiger charge is -2.03. The minimum Gasteiger partial charge on any atom is -0.508 e. The molecule has 0 saturated carbocycles. The molecule has 0 radical (unpaired) electrons. The first-order chi connectivity index (χ1) is 6.19. The highest BCUT2D eigenvalue weighted by Gasteiger charge is 2.06. The summed E-state index contributed by atoms with van der Waals surface area (Å²) in [6, 6.07) is 4.94. The topological polar surface area (TPSA) is 37.3 Å². The molecule has 0 unspecified atom stereocenters. The first kappa shape index (κ1) is 10.3. The van der Waals surface area contributed by atoms with Gasteiger partial charge in [0.1, 0.15) is 5.75 Å². The number of carbonyl (C=O) groups excluding carboxylic acids is 1. The van der Waals surface area contributed by atoms with Crippen molar-refractivity contribution < 1.29 is 9.90 Å². The summed E-state index contributed by atoms with van der Waals surface area (Å²) in [5.74, 6) is 0.295. The molecular formula is C10H11BrO2. The molecule has 13 heavy (non-hydrogen) atoms. The number of alkyl halides is 1. The van der Waals surface area contributed by atoms with Gasteiger partial charge in [-0.15, -0.1) is 0 Å². The average molecular weight is 243 g/mol. The maximum absolute atomic E-state index is 11.3. The molecular weight excluding hydrogens is 232 g/mol. The fourth-order valence-electron chi connectivity index (χ4n) is 1.12. The summed E-state index contributed by atoms with van der Waals surface area (Å²) in [5.41, 5.74) is 1.46. The second-order valence-corrected chi connectivity index (χ2v) is 3.31. The Morgan fingerprint density at radius 3 is 2.77 bits per heavy atom. The number of phenols is 1. The van der Waals surface area contributed by atoms with Gasteiger partial charge in [-0.3, -0.25) is 4.79 Å². The van der Waals surface area contributed by atoms with Crippen molar-refractivity contribution in [2.75, 3.05) is 5.33 Å². The average Bonchev–Trinajstić information content (AvgIpc) is 2.17. The predicted octanol–water partition coefficient (Wildman–Crippen LogP) is 2.53. The highest BCUT2D eigenvalue weighted by Crippen LogP contribution is 2.19. The normalized spacial score (nSPS) is 10.0. The number of hydrogen-bond acceptors (Lipinski definition) is 2. The van der Waals surface area contributed by atoms with Gasteiger partial charge in [0.05, 0.1) is 5.33 Å². The molecule has 0 saturated heterocycles. The zero-order valence-corrected chi connectivity index (χ0v) is 8.97. The molecule has 0 fully saturated rings. The predicted molar refractivity (Wildman–Crippen MR) is 55.6 cm³/mol. The molecule has 70 valence electrons. The van der Waals surface area contributed by atoms with Crippen LogP contribution in [0.3, 0.4) is 0 Å². The van der Waals surface area contributed by atoms with Crippen LogP contribution in [0.5, 0.6) is 5.75 Å². The van der Waals surface area contributed by atoms with Gasteiger partial charge < -0.3 is 5.11 Å². The molecule has 0 spiro atoms. The van der Waals surface area contributed by atoms with Crippen molar-refractivity contribution in [3.8, 4) is 5.75 Å². The summed E-state index contributed by atoms with van der Waals surface area (Å²) >= 11 is 3.10. The third-order valence-electron chi connectivity index (χ3n) is 1.90. The Kier molecular flexibility index (Phi) is 3.48. The van der Waals surface area contributed by atoms with Crippen molar-refractivity contribution >= 4 is 21.7 Å². The summed E-state index contributed by atoms with van der Waals surface area (Å²) in [5, 5.41) is 9.69. The van der Waals surface area contributed by atoms with Crippen molar-refractivity contribution in [1.82, 2.24) is 0 Å². The second kappa shape index (κ2) is 4.42. The minimum absolute atomic E-state index is 0.0368. The van der Waals surface area contributed by atoms with E-state index in [2.05, 4.69) is 15.9 Å². The van der Waals surface area contributed by atoms with Gasteiger partial charge in [-0.2, -0.15) is 0 Å². The van der Waals surface area contributed by atoms with Gasteiger partial charge in [-0.25, -0.2) is 0 Å². The second-order valence-electron chi connectivity index (χ2n) is 2.75. The molecule has 0 aliphatic heterocycles. The maximum Gasteiger partial charge on any atom is 0.173 e. The molecule has 1 aromatic rings. The molecule has 0 aromatic heterocycles. The smallest absolute Gasteiger partial charge is 0.173 e. The van der Waals surface area contributed by atoms with E-state index in [1.807, 2.05) is 6.92 Å². The lowest BCUT2D eigenvalue weighted by molar-refractivity contribution is 0.102. The van der Waals surface area contributed by atoms with Crippen LogP contribution in [-0.4, -0.2) is 16.2 Å². The van der Waals surface area contributed by atoms with Gasteiger partial charge >= 0.3 is 0 Å². The largest absolute Gasteiger partial charge is 0.508 e. The van der Waals surface area contributed by atoms with Crippen LogP contribution in [0.25, 0.3) is 0 Å². The third kappa shape index (κ3) is 2.31. The van der Waals surface area contributed by atoms with Crippen molar-refractivity contribution in [2.24, 2.45) is 0 Å². The van der Waals surface area contributed by atoms with E-state index < -0.39 is 0 Å². The third-order valence-corrected chi connectivity index (χ3v) is 2.41. The van der Waals surface area contributed by atoms with Crippen LogP contribution in [0.1, 0.15) is 22.8 Å². The van der Waals surface area contributed by atoms with Crippen molar-refractivity contribution in [2.45, 2.75) is 13.3 Å². The van der Waals surface area contributed by atoms with Crippen molar-refractivity contribution in [1.29, 1.82) is 0 Å². The molecule has 2 nitrogen and oxygen atoms in total. The molecule has 3 heteroatoms. The van der Waals surface area contributed by atoms with E-state index >= 15 is 0 Å². The number of rotatable bonds is 3. The van der Waals surface area contributed by atoms with Crippen molar-refractivity contribution in [3.05, 3.63) is 29.3 Å². The van der Waals surface area contributed by atoms with E-state index in [1.165, 1.54) is 0 Å². The first-order valence-corrected chi connectivity index (χ1v) is 5.22. The lowest BCUT2D eigenvalue weighted by Crippen LogP contribution is -2.00. The Hall–Kier alpha value is -0.830. The number of Topliss-reactive ketones (excluding diaryl/α,β-unsaturated/α-hetero) is 1. The fraction of sp³-hybridized carbons (Fsp3) is 0.300. The standard InChI is InChI=1S/C10H11BrO2/c1-2-7-5-8(10(13)6-11)3-4-9(7)12/h3-5,12H,2,6H2,1H3. The number of aromatic hydroxyl groups is 1. The van der Waals surface area contributed by atoms with Crippen LogP contribution in [0.4, 0.5) is 0 Å². The lowest BCUT2D eigenvalue weighted by atomic mass is 10.1. The highest BCUT2D eigenvalue weighted by molar-refractivity contribution is 9.09. The molecule has 0 heterocycles. The number of aryl methyl sites for hydroxylation is 1. The van der Waals surface area contributed by atoms with Gasteiger partial charge in [0.25, 0.3) is 0 Å². The van der Waals surface area contributed by atoms with Crippen LogP contribution in [-0.2, 0) is 6.42 Å². The quantitative estimate of drug-likeness (QED) is 0.654. The zero-order chi connectivity index (χ0) is 9.84. The molecule has 1 aromatic carbocycles. The Bertz CT molecular complexity index is 321. The Morgan fingerprint density at radius 1 is 1.54 bits per heavy atom. The number of carbonyl (C=O) groups is 1. The van der Waals surface area contributed by atoms with Crippen LogP contribution >= 0.6 is 15.9 Å². The molecule has 0 atom stereocenters. The fourth-order valence-corrected chi connectivity index (χ4v) is 1.44. The number of benzene rings is 1. The molecule has 0 amide bonds. The van der Waals surface area contributed by atoms with Crippen LogP contribution in [0.2, 0.25) is 0 Å². The van der Waals surface area contributed by atoms with Gasteiger partial charge in [-0.1, -0.05) is 22.9 Å². The van der Waals surface area contributed by atoms with E-state index in [0.717, 1.165) is 12.0 Å². The Balaban J connectivity index is 3.06. The van der Waals surface area contributed by atoms with E-state index in [9.17, 15) is 9.90 Å². The molecule has 0 aliphatic rings. The molecule has 0 aliphatic carbocycles. The van der Waals surface area contributed by atoms with E-state index in [4.69, 9.17) is 0 Å².